The summed E-state index contributed by atoms with van der Waals surface area (Å²) in [5, 5.41) is 0. The van der Waals surface area contributed by atoms with Crippen LogP contribution in [0.15, 0.2) is 71.6 Å². The number of hydrogen-bond acceptors (Lipinski definition) is 3. The molecular formula is C21H21NO3S. The molecule has 0 unspecified atom stereocenters. The Hall–Kier alpha value is -2.79. The lowest BCUT2D eigenvalue weighted by molar-refractivity contribution is 0.411. The molecule has 0 fully saturated rings. The number of anilines is 1. The van der Waals surface area contributed by atoms with E-state index in [-0.39, 0.29) is 4.90 Å². The van der Waals surface area contributed by atoms with Gasteiger partial charge in [0.2, 0.25) is 0 Å². The van der Waals surface area contributed by atoms with Crippen molar-refractivity contribution in [3.8, 4) is 16.9 Å². The Bertz CT molecular complexity index is 1010. The summed E-state index contributed by atoms with van der Waals surface area (Å²) >= 11 is 0. The molecule has 0 atom stereocenters. The van der Waals surface area contributed by atoms with Gasteiger partial charge in [0.05, 0.1) is 12.0 Å². The highest BCUT2D eigenvalue weighted by atomic mass is 32.2. The molecule has 0 heterocycles. The van der Waals surface area contributed by atoms with E-state index in [0.29, 0.717) is 17.0 Å². The van der Waals surface area contributed by atoms with Crippen LogP contribution in [0.3, 0.4) is 0 Å². The third-order valence-electron chi connectivity index (χ3n) is 4.44. The molecule has 4 nitrogen and oxygen atoms in total. The van der Waals surface area contributed by atoms with Gasteiger partial charge in [-0.05, 0) is 60.4 Å². The molecule has 0 spiro atoms. The van der Waals surface area contributed by atoms with Crippen molar-refractivity contribution in [3.63, 3.8) is 0 Å². The number of rotatable bonds is 5. The van der Waals surface area contributed by atoms with Crippen molar-refractivity contribution < 1.29 is 13.2 Å². The topological polar surface area (TPSA) is 55.4 Å². The van der Waals surface area contributed by atoms with E-state index >= 15 is 0 Å². The Morgan fingerprint density at radius 2 is 1.38 bits per heavy atom. The first-order valence-electron chi connectivity index (χ1n) is 8.25. The fourth-order valence-electron chi connectivity index (χ4n) is 2.85. The zero-order chi connectivity index (χ0) is 18.7. The van der Waals surface area contributed by atoms with Crippen molar-refractivity contribution in [2.75, 3.05) is 11.8 Å². The van der Waals surface area contributed by atoms with Gasteiger partial charge in [0, 0.05) is 5.69 Å². The average molecular weight is 367 g/mol. The van der Waals surface area contributed by atoms with Gasteiger partial charge in [0.15, 0.2) is 0 Å². The molecule has 0 aliphatic heterocycles. The van der Waals surface area contributed by atoms with Crippen molar-refractivity contribution in [1.29, 1.82) is 0 Å². The summed E-state index contributed by atoms with van der Waals surface area (Å²) in [5.74, 6) is 0.675. The predicted molar refractivity (Wildman–Crippen MR) is 105 cm³/mol. The molecule has 0 saturated heterocycles. The minimum Gasteiger partial charge on any atom is -0.496 e. The van der Waals surface area contributed by atoms with Crippen molar-refractivity contribution in [1.82, 2.24) is 0 Å². The first kappa shape index (κ1) is 18.0. The average Bonchev–Trinajstić information content (AvgIpc) is 2.65. The normalized spacial score (nSPS) is 11.2. The maximum Gasteiger partial charge on any atom is 0.262 e. The fraction of sp³-hybridized carbons (Fsp3) is 0.143. The van der Waals surface area contributed by atoms with E-state index < -0.39 is 10.0 Å². The molecule has 5 heteroatoms. The van der Waals surface area contributed by atoms with E-state index in [1.165, 1.54) is 0 Å². The largest absolute Gasteiger partial charge is 0.496 e. The summed E-state index contributed by atoms with van der Waals surface area (Å²) in [7, 11) is -2.10. The lowest BCUT2D eigenvalue weighted by Gasteiger charge is -2.14. The summed E-state index contributed by atoms with van der Waals surface area (Å²) in [6, 6.07) is 20.5. The molecule has 134 valence electrons. The molecule has 3 aromatic rings. The molecule has 0 aliphatic carbocycles. The third kappa shape index (κ3) is 3.58. The zero-order valence-electron chi connectivity index (χ0n) is 15.0. The number of hydrogen-bond donors (Lipinski definition) is 1. The van der Waals surface area contributed by atoms with Gasteiger partial charge in [-0.1, -0.05) is 42.5 Å². The van der Waals surface area contributed by atoms with Gasteiger partial charge in [-0.3, -0.25) is 4.72 Å². The first-order valence-corrected chi connectivity index (χ1v) is 9.73. The SMILES string of the molecule is COc1ccc(S(=O)(=O)Nc2ccc(-c3ccccc3)cc2)c(C)c1C. The molecule has 0 radical (unpaired) electrons. The van der Waals surface area contributed by atoms with Gasteiger partial charge in [-0.25, -0.2) is 8.42 Å². The van der Waals surface area contributed by atoms with Crippen LogP contribution in [0.2, 0.25) is 0 Å². The monoisotopic (exact) mass is 367 g/mol. The van der Waals surface area contributed by atoms with E-state index in [9.17, 15) is 8.42 Å². The second kappa shape index (κ2) is 7.22. The van der Waals surface area contributed by atoms with Crippen molar-refractivity contribution >= 4 is 15.7 Å². The number of methoxy groups -OCH3 is 1. The highest BCUT2D eigenvalue weighted by molar-refractivity contribution is 7.92. The maximum atomic E-state index is 12.8. The van der Waals surface area contributed by atoms with Crippen LogP contribution in [0, 0.1) is 13.8 Å². The highest BCUT2D eigenvalue weighted by Crippen LogP contribution is 2.28. The van der Waals surface area contributed by atoms with Crippen LogP contribution in [0.1, 0.15) is 11.1 Å². The zero-order valence-corrected chi connectivity index (χ0v) is 15.8. The highest BCUT2D eigenvalue weighted by Gasteiger charge is 2.19. The fourth-order valence-corrected chi connectivity index (χ4v) is 4.21. The summed E-state index contributed by atoms with van der Waals surface area (Å²) < 4.78 is 33.5. The van der Waals surface area contributed by atoms with E-state index in [2.05, 4.69) is 4.72 Å². The molecule has 3 aromatic carbocycles. The molecule has 0 saturated carbocycles. The van der Waals surface area contributed by atoms with Crippen LogP contribution in [-0.4, -0.2) is 15.5 Å². The van der Waals surface area contributed by atoms with Gasteiger partial charge in [-0.15, -0.1) is 0 Å². The van der Waals surface area contributed by atoms with Gasteiger partial charge >= 0.3 is 0 Å². The molecule has 0 aliphatic rings. The summed E-state index contributed by atoms with van der Waals surface area (Å²) in [6.07, 6.45) is 0. The minimum atomic E-state index is -3.67. The van der Waals surface area contributed by atoms with Crippen LogP contribution in [0.5, 0.6) is 5.75 Å². The lowest BCUT2D eigenvalue weighted by atomic mass is 10.1. The van der Waals surface area contributed by atoms with E-state index in [4.69, 9.17) is 4.74 Å². The number of ether oxygens (including phenoxy) is 1. The molecule has 0 aromatic heterocycles. The number of benzene rings is 3. The van der Waals surface area contributed by atoms with E-state index in [1.807, 2.05) is 49.4 Å². The molecule has 3 rings (SSSR count). The Balaban J connectivity index is 1.87. The van der Waals surface area contributed by atoms with Crippen molar-refractivity contribution in [3.05, 3.63) is 77.9 Å². The van der Waals surface area contributed by atoms with Gasteiger partial charge in [-0.2, -0.15) is 0 Å². The molecule has 26 heavy (non-hydrogen) atoms. The quantitative estimate of drug-likeness (QED) is 0.706. The number of nitrogens with one attached hydrogen (secondary N) is 1. The van der Waals surface area contributed by atoms with Crippen LogP contribution in [-0.2, 0) is 10.0 Å². The second-order valence-corrected chi connectivity index (χ2v) is 7.72. The molecular weight excluding hydrogens is 346 g/mol. The van der Waals surface area contributed by atoms with Gasteiger partial charge in [0.25, 0.3) is 10.0 Å². The maximum absolute atomic E-state index is 12.8. The van der Waals surface area contributed by atoms with Gasteiger partial charge < -0.3 is 4.74 Å². The Morgan fingerprint density at radius 3 is 2.00 bits per heavy atom. The molecule has 0 bridgehead atoms. The minimum absolute atomic E-state index is 0.253. The van der Waals surface area contributed by atoms with Crippen LogP contribution in [0.4, 0.5) is 5.69 Å². The smallest absolute Gasteiger partial charge is 0.262 e. The van der Waals surface area contributed by atoms with E-state index in [0.717, 1.165) is 16.7 Å². The van der Waals surface area contributed by atoms with Gasteiger partial charge in [0.1, 0.15) is 5.75 Å². The third-order valence-corrected chi connectivity index (χ3v) is 5.97. The Morgan fingerprint density at radius 1 is 0.769 bits per heavy atom. The molecule has 0 amide bonds. The lowest BCUT2D eigenvalue weighted by Crippen LogP contribution is -2.15. The second-order valence-electron chi connectivity index (χ2n) is 6.06. The standard InChI is InChI=1S/C21H21NO3S/c1-15-16(2)21(14-13-20(15)25-3)26(23,24)22-19-11-9-18(10-12-19)17-7-5-4-6-8-17/h4-14,22H,1-3H3. The van der Waals surface area contributed by atoms with Crippen molar-refractivity contribution in [2.45, 2.75) is 18.7 Å². The predicted octanol–water partition coefficient (Wildman–Crippen LogP) is 4.78. The summed E-state index contributed by atoms with van der Waals surface area (Å²) in [6.45, 7) is 3.63. The van der Waals surface area contributed by atoms with E-state index in [1.54, 1.807) is 38.3 Å². The van der Waals surface area contributed by atoms with Crippen LogP contribution < -0.4 is 9.46 Å². The Kier molecular flexibility index (Phi) is 5.00. The number of sulfonamides is 1. The molecule has 1 N–H and O–H groups in total. The van der Waals surface area contributed by atoms with Crippen molar-refractivity contribution in [2.24, 2.45) is 0 Å². The van der Waals surface area contributed by atoms with Crippen LogP contribution in [0.25, 0.3) is 11.1 Å². The summed E-state index contributed by atoms with van der Waals surface area (Å²) in [5.41, 5.74) is 4.14. The Labute approximate surface area is 154 Å². The van der Waals surface area contributed by atoms with Crippen LogP contribution >= 0.6 is 0 Å². The summed E-state index contributed by atoms with van der Waals surface area (Å²) in [4.78, 5) is 0.253. The first-order chi connectivity index (χ1) is 12.4.